The van der Waals surface area contributed by atoms with E-state index in [2.05, 4.69) is 17.2 Å². The molecule has 1 atom stereocenters. The molecular weight excluding hydrogens is 554 g/mol. The number of carbonyl (C=O) groups is 2. The lowest BCUT2D eigenvalue weighted by Gasteiger charge is -2.19. The summed E-state index contributed by atoms with van der Waals surface area (Å²) in [6.45, 7) is 2.05. The maximum Gasteiger partial charge on any atom is 0.336 e. The number of amides is 1. The summed E-state index contributed by atoms with van der Waals surface area (Å²) in [5.74, 6) is 0.0248. The molecule has 4 aromatic carbocycles. The third-order valence-corrected chi connectivity index (χ3v) is 7.44. The SMILES string of the molecule is CCC[C@@H](NC(=O)c1ccc(-c2c(Cl)cccc2-c2nc3cc(OC)c(OC)cc3[nH]2)c(C(=O)O)c1)c1ccccc1. The van der Waals surface area contributed by atoms with E-state index in [1.54, 1.807) is 50.6 Å². The summed E-state index contributed by atoms with van der Waals surface area (Å²) in [7, 11) is 3.11. The third-order valence-electron chi connectivity index (χ3n) is 7.12. The number of hydrogen-bond donors (Lipinski definition) is 3. The molecule has 5 rings (SSSR count). The molecule has 0 fully saturated rings. The van der Waals surface area contributed by atoms with Crippen LogP contribution in [0.25, 0.3) is 33.5 Å². The van der Waals surface area contributed by atoms with Crippen molar-refractivity contribution >= 4 is 34.5 Å². The van der Waals surface area contributed by atoms with Gasteiger partial charge in [-0.15, -0.1) is 0 Å². The molecule has 1 aromatic heterocycles. The summed E-state index contributed by atoms with van der Waals surface area (Å²) in [5.41, 5.74) is 3.97. The first kappa shape index (κ1) is 28.7. The predicted octanol–water partition coefficient (Wildman–Crippen LogP) is 7.54. The summed E-state index contributed by atoms with van der Waals surface area (Å²) >= 11 is 6.70. The van der Waals surface area contributed by atoms with Gasteiger partial charge in [-0.1, -0.05) is 73.5 Å². The Morgan fingerprint density at radius 3 is 2.38 bits per heavy atom. The van der Waals surface area contributed by atoms with E-state index in [0.717, 1.165) is 18.4 Å². The average Bonchev–Trinajstić information content (AvgIpc) is 3.43. The van der Waals surface area contributed by atoms with Gasteiger partial charge in [-0.3, -0.25) is 4.79 Å². The molecule has 42 heavy (non-hydrogen) atoms. The number of carboxylic acid groups (broad SMARTS) is 1. The van der Waals surface area contributed by atoms with Gasteiger partial charge in [-0.05, 0) is 35.7 Å². The molecule has 214 valence electrons. The number of aromatic carboxylic acids is 1. The lowest BCUT2D eigenvalue weighted by molar-refractivity contribution is 0.0697. The zero-order valence-corrected chi connectivity index (χ0v) is 24.2. The number of fused-ring (bicyclic) bond motifs is 1. The molecular formula is C33H30ClN3O5. The molecule has 1 heterocycles. The Morgan fingerprint density at radius 1 is 0.952 bits per heavy atom. The first-order valence-corrected chi connectivity index (χ1v) is 13.9. The van der Waals surface area contributed by atoms with Gasteiger partial charge in [0.25, 0.3) is 5.91 Å². The van der Waals surface area contributed by atoms with Gasteiger partial charge in [0.1, 0.15) is 5.82 Å². The van der Waals surface area contributed by atoms with Crippen molar-refractivity contribution in [2.24, 2.45) is 0 Å². The van der Waals surface area contributed by atoms with E-state index in [1.807, 2.05) is 36.4 Å². The highest BCUT2D eigenvalue weighted by Gasteiger charge is 2.23. The number of benzene rings is 4. The van der Waals surface area contributed by atoms with Gasteiger partial charge < -0.3 is 24.9 Å². The van der Waals surface area contributed by atoms with E-state index in [-0.39, 0.29) is 23.1 Å². The minimum Gasteiger partial charge on any atom is -0.493 e. The number of imidazole rings is 1. The van der Waals surface area contributed by atoms with Crippen LogP contribution in [-0.2, 0) is 0 Å². The number of carboxylic acids is 1. The number of methoxy groups -OCH3 is 2. The Labute approximate surface area is 248 Å². The van der Waals surface area contributed by atoms with Gasteiger partial charge in [0, 0.05) is 33.8 Å². The number of hydrogen-bond acceptors (Lipinski definition) is 5. The molecule has 1 amide bonds. The van der Waals surface area contributed by atoms with Crippen molar-refractivity contribution in [2.45, 2.75) is 25.8 Å². The lowest BCUT2D eigenvalue weighted by atomic mass is 9.93. The van der Waals surface area contributed by atoms with Crippen LogP contribution in [0.2, 0.25) is 5.02 Å². The van der Waals surface area contributed by atoms with Crippen molar-refractivity contribution in [1.29, 1.82) is 0 Å². The largest absolute Gasteiger partial charge is 0.493 e. The van der Waals surface area contributed by atoms with Crippen molar-refractivity contribution in [3.05, 3.63) is 101 Å². The fraction of sp³-hybridized carbons (Fsp3) is 0.182. The first-order valence-electron chi connectivity index (χ1n) is 13.5. The number of nitrogens with zero attached hydrogens (tertiary/aromatic N) is 1. The highest BCUT2D eigenvalue weighted by atomic mass is 35.5. The number of aromatic amines is 1. The van der Waals surface area contributed by atoms with Crippen LogP contribution in [0.15, 0.2) is 78.9 Å². The fourth-order valence-electron chi connectivity index (χ4n) is 5.08. The Hall–Kier alpha value is -4.82. The summed E-state index contributed by atoms with van der Waals surface area (Å²) in [6.07, 6.45) is 1.62. The average molecular weight is 584 g/mol. The number of H-pyrrole nitrogens is 1. The quantitative estimate of drug-likeness (QED) is 0.156. The second kappa shape index (κ2) is 12.4. The van der Waals surface area contributed by atoms with Crippen LogP contribution in [0.1, 0.15) is 52.1 Å². The minimum absolute atomic E-state index is 0.0526. The normalized spacial score (nSPS) is 11.7. The molecule has 0 unspecified atom stereocenters. The highest BCUT2D eigenvalue weighted by Crippen LogP contribution is 2.40. The van der Waals surface area contributed by atoms with Crippen LogP contribution in [0.4, 0.5) is 0 Å². The van der Waals surface area contributed by atoms with Crippen molar-refractivity contribution < 1.29 is 24.2 Å². The van der Waals surface area contributed by atoms with Crippen LogP contribution in [-0.4, -0.2) is 41.2 Å². The summed E-state index contributed by atoms with van der Waals surface area (Å²) in [4.78, 5) is 33.9. The monoisotopic (exact) mass is 583 g/mol. The van der Waals surface area contributed by atoms with Crippen molar-refractivity contribution in [1.82, 2.24) is 15.3 Å². The summed E-state index contributed by atoms with van der Waals surface area (Å²) in [5, 5.41) is 13.6. The van der Waals surface area contributed by atoms with E-state index >= 15 is 0 Å². The summed E-state index contributed by atoms with van der Waals surface area (Å²) in [6, 6.07) is 23.0. The maximum atomic E-state index is 13.3. The number of carbonyl (C=O) groups excluding carboxylic acids is 1. The number of ether oxygens (including phenoxy) is 2. The number of aromatic nitrogens is 2. The smallest absolute Gasteiger partial charge is 0.336 e. The van der Waals surface area contributed by atoms with Gasteiger partial charge in [-0.2, -0.15) is 0 Å². The number of rotatable bonds is 10. The van der Waals surface area contributed by atoms with Crippen LogP contribution >= 0.6 is 11.6 Å². The first-order chi connectivity index (χ1) is 20.3. The molecule has 8 nitrogen and oxygen atoms in total. The summed E-state index contributed by atoms with van der Waals surface area (Å²) < 4.78 is 10.8. The van der Waals surface area contributed by atoms with E-state index in [4.69, 9.17) is 26.1 Å². The van der Waals surface area contributed by atoms with E-state index in [1.165, 1.54) is 6.07 Å². The van der Waals surface area contributed by atoms with Gasteiger partial charge in [0.2, 0.25) is 0 Å². The molecule has 3 N–H and O–H groups in total. The third kappa shape index (κ3) is 5.66. The van der Waals surface area contributed by atoms with Crippen LogP contribution in [0.5, 0.6) is 11.5 Å². The van der Waals surface area contributed by atoms with Crippen molar-refractivity contribution in [3.8, 4) is 34.0 Å². The molecule has 0 saturated carbocycles. The molecule has 5 aromatic rings. The maximum absolute atomic E-state index is 13.3. The molecule has 0 aliphatic carbocycles. The molecule has 0 aliphatic rings. The van der Waals surface area contributed by atoms with Crippen molar-refractivity contribution in [3.63, 3.8) is 0 Å². The Kier molecular flexibility index (Phi) is 8.45. The standard InChI is InChI=1S/C33H30ClN3O5/c1-4-9-25(19-10-6-5-7-11-19)37-32(38)20-14-15-21(23(16-20)33(39)40)30-22(12-8-13-24(30)34)31-35-26-17-28(41-2)29(42-3)18-27(26)36-31/h5-8,10-18,25H,4,9H2,1-3H3,(H,35,36)(H,37,38)(H,39,40)/t25-/m1/s1. The zero-order chi connectivity index (χ0) is 29.8. The van der Waals surface area contributed by atoms with E-state index in [9.17, 15) is 14.7 Å². The highest BCUT2D eigenvalue weighted by molar-refractivity contribution is 6.34. The van der Waals surface area contributed by atoms with E-state index in [0.29, 0.717) is 50.1 Å². The molecule has 0 spiro atoms. The lowest BCUT2D eigenvalue weighted by Crippen LogP contribution is -2.28. The molecule has 0 aliphatic heterocycles. The number of halogens is 1. The van der Waals surface area contributed by atoms with Gasteiger partial charge in [0.05, 0.1) is 36.9 Å². The second-order valence-electron chi connectivity index (χ2n) is 9.76. The van der Waals surface area contributed by atoms with Crippen LogP contribution < -0.4 is 14.8 Å². The topological polar surface area (TPSA) is 114 Å². The minimum atomic E-state index is -1.18. The molecule has 9 heteroatoms. The van der Waals surface area contributed by atoms with Crippen LogP contribution in [0, 0.1) is 0 Å². The molecule has 0 saturated heterocycles. The predicted molar refractivity (Wildman–Crippen MR) is 164 cm³/mol. The number of nitrogens with one attached hydrogen (secondary N) is 2. The Bertz CT molecular complexity index is 1730. The Balaban J connectivity index is 1.56. The Morgan fingerprint density at radius 2 is 1.69 bits per heavy atom. The fourth-order valence-corrected chi connectivity index (χ4v) is 5.35. The second-order valence-corrected chi connectivity index (χ2v) is 10.2. The van der Waals surface area contributed by atoms with E-state index < -0.39 is 5.97 Å². The van der Waals surface area contributed by atoms with Gasteiger partial charge >= 0.3 is 5.97 Å². The zero-order valence-electron chi connectivity index (χ0n) is 23.4. The van der Waals surface area contributed by atoms with Crippen LogP contribution in [0.3, 0.4) is 0 Å². The molecule has 0 bridgehead atoms. The molecule has 0 radical (unpaired) electrons. The van der Waals surface area contributed by atoms with Gasteiger partial charge in [-0.25, -0.2) is 9.78 Å². The van der Waals surface area contributed by atoms with Crippen molar-refractivity contribution in [2.75, 3.05) is 14.2 Å². The van der Waals surface area contributed by atoms with Gasteiger partial charge in [0.15, 0.2) is 11.5 Å².